The fourth-order valence-corrected chi connectivity index (χ4v) is 6.87. The van der Waals surface area contributed by atoms with Crippen molar-refractivity contribution in [2.75, 3.05) is 26.6 Å². The van der Waals surface area contributed by atoms with Crippen molar-refractivity contribution in [3.63, 3.8) is 0 Å². The van der Waals surface area contributed by atoms with E-state index < -0.39 is 5.92 Å². The summed E-state index contributed by atoms with van der Waals surface area (Å²) in [5.41, 5.74) is 3.85. The third kappa shape index (κ3) is 5.03. The Kier molecular flexibility index (Phi) is 7.19. The van der Waals surface area contributed by atoms with Gasteiger partial charge in [0, 0.05) is 39.4 Å². The van der Waals surface area contributed by atoms with E-state index >= 15 is 0 Å². The van der Waals surface area contributed by atoms with Gasteiger partial charge < -0.3 is 19.5 Å². The molecule has 2 aromatic carbocycles. The summed E-state index contributed by atoms with van der Waals surface area (Å²) in [6.07, 6.45) is 1.07. The number of ether oxygens (including phenoxy) is 3. The quantitative estimate of drug-likeness (QED) is 0.336. The molecule has 10 heteroatoms. The number of Topliss-reactive ketones (excluding diaryl/α,β-unsaturated/α-hetero) is 1. The number of carbonyl (C=O) groups is 2. The molecule has 1 aliphatic heterocycles. The maximum Gasteiger partial charge on any atom is 0.256 e. The largest absolute Gasteiger partial charge is 0.493 e. The van der Waals surface area contributed by atoms with Crippen LogP contribution in [-0.2, 0) is 9.59 Å². The molecule has 1 unspecified atom stereocenters. The molecule has 5 rings (SSSR count). The Balaban J connectivity index is 1.64. The molecule has 2 aliphatic rings. The van der Waals surface area contributed by atoms with E-state index in [-0.39, 0.29) is 17.1 Å². The third-order valence-corrected chi connectivity index (χ3v) is 8.50. The number of halogens is 1. The molecule has 1 aromatic heterocycles. The number of hydrogen-bond donors (Lipinski definition) is 2. The fraction of sp³-hybridized carbons (Fsp3) is 0.345. The molecule has 3 aromatic rings. The van der Waals surface area contributed by atoms with Crippen LogP contribution < -0.4 is 24.8 Å². The van der Waals surface area contributed by atoms with Crippen molar-refractivity contribution in [3.8, 4) is 17.2 Å². The molecular weight excluding hydrogens is 582 g/mol. The highest BCUT2D eigenvalue weighted by molar-refractivity contribution is 9.10. The summed E-state index contributed by atoms with van der Waals surface area (Å²) in [4.78, 5) is 32.3. The number of fused-ring (bicyclic) bond motifs is 1. The minimum atomic E-state index is -0.637. The van der Waals surface area contributed by atoms with E-state index in [9.17, 15) is 9.59 Å². The zero-order valence-electron chi connectivity index (χ0n) is 22.7. The first-order valence-electron chi connectivity index (χ1n) is 12.5. The van der Waals surface area contributed by atoms with Crippen LogP contribution in [0.25, 0.3) is 10.2 Å². The lowest BCUT2D eigenvalue weighted by Gasteiger charge is -2.39. The second-order valence-corrected chi connectivity index (χ2v) is 12.4. The van der Waals surface area contributed by atoms with Crippen LogP contribution >= 0.6 is 27.3 Å². The third-order valence-electron chi connectivity index (χ3n) is 7.08. The molecule has 2 N–H and O–H groups in total. The average Bonchev–Trinajstić information content (AvgIpc) is 3.27. The smallest absolute Gasteiger partial charge is 0.256 e. The summed E-state index contributed by atoms with van der Waals surface area (Å²) in [6.45, 7) is 6.03. The number of benzene rings is 2. The minimum Gasteiger partial charge on any atom is -0.493 e. The monoisotopic (exact) mass is 611 g/mol. The summed E-state index contributed by atoms with van der Waals surface area (Å²) in [5, 5.41) is 6.87. The molecule has 0 fully saturated rings. The number of amides is 1. The number of methoxy groups -OCH3 is 3. The van der Waals surface area contributed by atoms with Crippen LogP contribution in [0.5, 0.6) is 17.2 Å². The van der Waals surface area contributed by atoms with Gasteiger partial charge in [-0.1, -0.05) is 41.1 Å². The lowest BCUT2D eigenvalue weighted by molar-refractivity contribution is -0.118. The molecule has 0 radical (unpaired) electrons. The van der Waals surface area contributed by atoms with Gasteiger partial charge in [0.2, 0.25) is 5.75 Å². The molecule has 1 atom stereocenters. The van der Waals surface area contributed by atoms with Crippen molar-refractivity contribution in [1.82, 2.24) is 10.3 Å². The number of rotatable bonds is 6. The van der Waals surface area contributed by atoms with Gasteiger partial charge in [0.15, 0.2) is 22.4 Å². The van der Waals surface area contributed by atoms with Gasteiger partial charge in [-0.15, -0.1) is 0 Å². The van der Waals surface area contributed by atoms with Crippen molar-refractivity contribution >= 4 is 54.3 Å². The van der Waals surface area contributed by atoms with Gasteiger partial charge in [0.25, 0.3) is 5.91 Å². The van der Waals surface area contributed by atoms with Crippen molar-refractivity contribution in [1.29, 1.82) is 0 Å². The maximum atomic E-state index is 14.0. The SMILES string of the molecule is COc1cc(C2C(C(=O)Nc3nc4ccc(Br)cc4s3)=C(C)NC3=C2C(=O)CC(C)(C)C3)cc(OC)c1OC. The zero-order valence-corrected chi connectivity index (χ0v) is 25.1. The normalized spacial score (nSPS) is 18.5. The van der Waals surface area contributed by atoms with E-state index in [0.29, 0.717) is 57.6 Å². The summed E-state index contributed by atoms with van der Waals surface area (Å²) >= 11 is 4.88. The number of allylic oxidation sites excluding steroid dienone is 3. The molecule has 8 nitrogen and oxygen atoms in total. The summed E-state index contributed by atoms with van der Waals surface area (Å²) in [7, 11) is 4.63. The molecule has 0 bridgehead atoms. The highest BCUT2D eigenvalue weighted by Crippen LogP contribution is 2.49. The first kappa shape index (κ1) is 27.2. The maximum absolute atomic E-state index is 14.0. The Bertz CT molecular complexity index is 1550. The average molecular weight is 613 g/mol. The molecule has 2 heterocycles. The number of nitrogens with zero attached hydrogens (tertiary/aromatic N) is 1. The van der Waals surface area contributed by atoms with Crippen LogP contribution in [0.1, 0.15) is 45.1 Å². The van der Waals surface area contributed by atoms with Gasteiger partial charge in [0.05, 0.1) is 31.5 Å². The number of nitrogens with one attached hydrogen (secondary N) is 2. The molecule has 1 amide bonds. The number of hydrogen-bond acceptors (Lipinski definition) is 8. The minimum absolute atomic E-state index is 0.00939. The molecular formula is C29H30BrN3O5S. The van der Waals surface area contributed by atoms with Crippen LogP contribution in [0, 0.1) is 5.41 Å². The van der Waals surface area contributed by atoms with Crippen molar-refractivity contribution in [3.05, 3.63) is 62.9 Å². The van der Waals surface area contributed by atoms with Crippen molar-refractivity contribution in [2.24, 2.45) is 5.41 Å². The highest BCUT2D eigenvalue weighted by Gasteiger charge is 2.43. The molecule has 204 valence electrons. The standard InChI is InChI=1S/C29H30BrN3O5S/c1-14-23(27(35)33-28-32-17-8-7-16(30)11-22(17)39-28)24(25-18(31-14)12-29(2,3)13-19(25)34)15-9-20(36-4)26(38-6)21(10-15)37-5/h7-11,24,31H,12-13H2,1-6H3,(H,32,33,35). The van der Waals surface area contributed by atoms with Gasteiger partial charge in [-0.3, -0.25) is 14.9 Å². The molecule has 0 saturated heterocycles. The first-order valence-corrected chi connectivity index (χ1v) is 14.1. The highest BCUT2D eigenvalue weighted by atomic mass is 79.9. The van der Waals surface area contributed by atoms with Gasteiger partial charge in [0.1, 0.15) is 0 Å². The van der Waals surface area contributed by atoms with Gasteiger partial charge in [-0.05, 0) is 54.7 Å². The fourth-order valence-electron chi connectivity index (χ4n) is 5.45. The molecule has 39 heavy (non-hydrogen) atoms. The number of ketones is 1. The van der Waals surface area contributed by atoms with Gasteiger partial charge in [-0.25, -0.2) is 4.98 Å². The van der Waals surface area contributed by atoms with Crippen LogP contribution in [0.4, 0.5) is 5.13 Å². The topological polar surface area (TPSA) is 98.8 Å². The molecule has 0 spiro atoms. The van der Waals surface area contributed by atoms with Crippen LogP contribution in [0.3, 0.4) is 0 Å². The number of dihydropyridines is 1. The van der Waals surface area contributed by atoms with E-state index in [1.165, 1.54) is 18.4 Å². The van der Waals surface area contributed by atoms with Crippen LogP contribution in [0.15, 0.2) is 57.3 Å². The Morgan fingerprint density at radius 3 is 2.44 bits per heavy atom. The predicted molar refractivity (Wildman–Crippen MR) is 156 cm³/mol. The lowest BCUT2D eigenvalue weighted by Crippen LogP contribution is -2.39. The van der Waals surface area contributed by atoms with Crippen molar-refractivity contribution in [2.45, 2.75) is 39.5 Å². The van der Waals surface area contributed by atoms with E-state index in [4.69, 9.17) is 14.2 Å². The zero-order chi connectivity index (χ0) is 28.1. The summed E-state index contributed by atoms with van der Waals surface area (Å²) in [5.74, 6) is 0.379. The Hall–Kier alpha value is -3.37. The van der Waals surface area contributed by atoms with Crippen LogP contribution in [-0.4, -0.2) is 38.0 Å². The van der Waals surface area contributed by atoms with E-state index in [1.807, 2.05) is 37.3 Å². The number of carbonyl (C=O) groups excluding carboxylic acids is 2. The van der Waals surface area contributed by atoms with Gasteiger partial charge >= 0.3 is 0 Å². The summed E-state index contributed by atoms with van der Waals surface area (Å²) < 4.78 is 18.6. The molecule has 0 saturated carbocycles. The van der Waals surface area contributed by atoms with E-state index in [1.54, 1.807) is 14.2 Å². The Labute approximate surface area is 239 Å². The first-order chi connectivity index (χ1) is 18.5. The summed E-state index contributed by atoms with van der Waals surface area (Å²) in [6, 6.07) is 9.40. The van der Waals surface area contributed by atoms with E-state index in [0.717, 1.165) is 20.4 Å². The van der Waals surface area contributed by atoms with Gasteiger partial charge in [-0.2, -0.15) is 0 Å². The second kappa shape index (κ2) is 10.3. The Morgan fingerprint density at radius 1 is 1.10 bits per heavy atom. The predicted octanol–water partition coefficient (Wildman–Crippen LogP) is 6.33. The number of aromatic nitrogens is 1. The lowest BCUT2D eigenvalue weighted by atomic mass is 9.68. The van der Waals surface area contributed by atoms with Crippen molar-refractivity contribution < 1.29 is 23.8 Å². The van der Waals surface area contributed by atoms with Crippen LogP contribution in [0.2, 0.25) is 0 Å². The number of anilines is 1. The second-order valence-electron chi connectivity index (χ2n) is 10.5. The number of thiazole rings is 1. The Morgan fingerprint density at radius 2 is 1.79 bits per heavy atom. The molecule has 1 aliphatic carbocycles. The van der Waals surface area contributed by atoms with E-state index in [2.05, 4.69) is 45.4 Å².